The first-order valence-electron chi connectivity index (χ1n) is 23.6. The maximum Gasteiger partial charge on any atom is 0.125 e. The molecule has 6 heteroatoms. The van der Waals surface area contributed by atoms with Gasteiger partial charge >= 0.3 is 0 Å². The molecule has 70 heavy (non-hydrogen) atoms. The van der Waals surface area contributed by atoms with Crippen LogP contribution in [0.3, 0.4) is 0 Å². The van der Waals surface area contributed by atoms with Gasteiger partial charge in [-0.3, -0.25) is 0 Å². The first kappa shape index (κ1) is 43.1. The monoisotopic (exact) mass is 918 g/mol. The van der Waals surface area contributed by atoms with Gasteiger partial charge in [0.1, 0.15) is 23.3 Å². The molecule has 2 aliphatic rings. The zero-order valence-electron chi connectivity index (χ0n) is 39.0. The molecule has 10 aromatic carbocycles. The summed E-state index contributed by atoms with van der Waals surface area (Å²) in [7, 11) is 0. The van der Waals surface area contributed by atoms with Crippen molar-refractivity contribution >= 4 is 44.9 Å². The Hall–Kier alpha value is -8.22. The van der Waals surface area contributed by atoms with Gasteiger partial charge in [0, 0.05) is 45.0 Å². The first-order valence-corrected chi connectivity index (χ1v) is 23.6. The fourth-order valence-corrected chi connectivity index (χ4v) is 11.4. The van der Waals surface area contributed by atoms with Crippen LogP contribution >= 0.6 is 0 Å². The van der Waals surface area contributed by atoms with Crippen LogP contribution < -0.4 is 9.80 Å². The van der Waals surface area contributed by atoms with E-state index in [1.54, 1.807) is 24.3 Å². The van der Waals surface area contributed by atoms with E-state index in [0.717, 1.165) is 77.8 Å². The van der Waals surface area contributed by atoms with Crippen LogP contribution in [0.2, 0.25) is 0 Å². The highest BCUT2D eigenvalue weighted by Gasteiger charge is 2.42. The van der Waals surface area contributed by atoms with Gasteiger partial charge in [-0.1, -0.05) is 125 Å². The Morgan fingerprint density at radius 2 is 0.600 bits per heavy atom. The number of nitrogens with zero attached hydrogens (tertiary/aromatic N) is 2. The van der Waals surface area contributed by atoms with Crippen molar-refractivity contribution < 1.29 is 17.6 Å². The maximum atomic E-state index is 15.0. The van der Waals surface area contributed by atoms with E-state index in [1.165, 1.54) is 59.7 Å². The van der Waals surface area contributed by atoms with E-state index < -0.39 is 10.8 Å². The Bertz CT molecular complexity index is 3390. The minimum absolute atomic E-state index is 0.381. The normalized spacial score (nSPS) is 13.7. The van der Waals surface area contributed by atoms with Gasteiger partial charge in [0.15, 0.2) is 0 Å². The molecule has 0 unspecified atom stereocenters. The van der Waals surface area contributed by atoms with Crippen molar-refractivity contribution in [3.63, 3.8) is 0 Å². The van der Waals surface area contributed by atoms with E-state index in [2.05, 4.69) is 125 Å². The summed E-state index contributed by atoms with van der Waals surface area (Å²) in [4.78, 5) is 3.83. The lowest BCUT2D eigenvalue weighted by Crippen LogP contribution is -2.17. The molecule has 12 rings (SSSR count). The summed E-state index contributed by atoms with van der Waals surface area (Å²) < 4.78 is 59.8. The van der Waals surface area contributed by atoms with E-state index in [1.807, 2.05) is 46.2 Å². The highest BCUT2D eigenvalue weighted by Crippen LogP contribution is 2.60. The number of hydrogen-bond acceptors (Lipinski definition) is 2. The van der Waals surface area contributed by atoms with E-state index in [9.17, 15) is 17.6 Å². The molecule has 0 N–H and O–H groups in total. The number of benzene rings is 10. The van der Waals surface area contributed by atoms with Gasteiger partial charge in [-0.05, 0) is 187 Å². The van der Waals surface area contributed by atoms with Crippen molar-refractivity contribution in [1.82, 2.24) is 0 Å². The highest BCUT2D eigenvalue weighted by atomic mass is 19.1. The average Bonchev–Trinajstić information content (AvgIpc) is 3.71. The second-order valence-corrected chi connectivity index (χ2v) is 19.5. The van der Waals surface area contributed by atoms with Crippen molar-refractivity contribution in [3.8, 4) is 44.5 Å². The van der Waals surface area contributed by atoms with Crippen LogP contribution in [-0.2, 0) is 10.8 Å². The van der Waals surface area contributed by atoms with Gasteiger partial charge in [0.25, 0.3) is 0 Å². The lowest BCUT2D eigenvalue weighted by atomic mass is 9.76. The molecular weight excluding hydrogens is 873 g/mol. The molecule has 0 saturated heterocycles. The molecule has 0 bridgehead atoms. The highest BCUT2D eigenvalue weighted by molar-refractivity contribution is 6.17. The second-order valence-electron chi connectivity index (χ2n) is 19.5. The summed E-state index contributed by atoms with van der Waals surface area (Å²) in [6.07, 6.45) is 0. The van der Waals surface area contributed by atoms with Crippen molar-refractivity contribution in [1.29, 1.82) is 0 Å². The molecule has 0 aliphatic heterocycles. The molecule has 0 saturated carbocycles. The third-order valence-electron chi connectivity index (χ3n) is 14.6. The fraction of sp³-hybridized carbons (Fsp3) is 0.0938. The Labute approximate surface area is 405 Å². The third-order valence-corrected chi connectivity index (χ3v) is 14.6. The third kappa shape index (κ3) is 6.84. The molecule has 0 heterocycles. The molecule has 340 valence electrons. The Balaban J connectivity index is 1.11. The molecule has 0 amide bonds. The van der Waals surface area contributed by atoms with Gasteiger partial charge in [-0.25, -0.2) is 17.6 Å². The average molecular weight is 919 g/mol. The fourth-order valence-electron chi connectivity index (χ4n) is 11.4. The van der Waals surface area contributed by atoms with Crippen LogP contribution in [0.15, 0.2) is 206 Å². The molecular formula is C64H46F4N2. The van der Waals surface area contributed by atoms with Crippen molar-refractivity contribution in [2.24, 2.45) is 0 Å². The molecule has 0 atom stereocenters. The lowest BCUT2D eigenvalue weighted by Gasteiger charge is -2.28. The van der Waals surface area contributed by atoms with Crippen LogP contribution in [-0.4, -0.2) is 0 Å². The molecule has 2 aliphatic carbocycles. The zero-order valence-corrected chi connectivity index (χ0v) is 39.0. The summed E-state index contributed by atoms with van der Waals surface area (Å²) in [5.41, 5.74) is 16.5. The number of hydrogen-bond donors (Lipinski definition) is 0. The molecule has 0 fully saturated rings. The van der Waals surface area contributed by atoms with Crippen molar-refractivity contribution in [2.45, 2.75) is 38.5 Å². The second kappa shape index (κ2) is 16.2. The first-order chi connectivity index (χ1) is 33.9. The van der Waals surface area contributed by atoms with Gasteiger partial charge < -0.3 is 9.80 Å². The van der Waals surface area contributed by atoms with Crippen LogP contribution in [0.5, 0.6) is 0 Å². The molecule has 0 radical (unpaired) electrons. The number of anilines is 6. The van der Waals surface area contributed by atoms with Gasteiger partial charge in [0.05, 0.1) is 0 Å². The van der Waals surface area contributed by atoms with Gasteiger partial charge in [-0.15, -0.1) is 0 Å². The van der Waals surface area contributed by atoms with E-state index >= 15 is 0 Å². The summed E-state index contributed by atoms with van der Waals surface area (Å²) in [6, 6.07) is 64.6. The number of fused-ring (bicyclic) bond motifs is 7. The standard InChI is InChI=1S/C64H46F4N2/c1-63(2)55-35-49(69(45-23-11-19-41(65)31-45)46-24-12-20-42(66)32-46)27-29-51(55)61-57(63)37-53-54(59(61)39-15-7-5-8-16-39)38-58-62(60(53)40-17-9-6-10-18-40)52-30-28-50(36-56(52)64(58,3)4)70(47-25-13-21-43(67)33-47)48-26-14-22-44(68)34-48/h5-38H,1-4H3. The van der Waals surface area contributed by atoms with E-state index in [4.69, 9.17) is 0 Å². The van der Waals surface area contributed by atoms with Crippen LogP contribution in [0, 0.1) is 23.3 Å². The largest absolute Gasteiger partial charge is 0.310 e. The lowest BCUT2D eigenvalue weighted by molar-refractivity contribution is 0.626. The number of halogens is 4. The topological polar surface area (TPSA) is 6.48 Å². The molecule has 2 nitrogen and oxygen atoms in total. The van der Waals surface area contributed by atoms with Crippen LogP contribution in [0.25, 0.3) is 55.3 Å². The number of rotatable bonds is 8. The quantitative estimate of drug-likeness (QED) is 0.140. The van der Waals surface area contributed by atoms with Crippen LogP contribution in [0.1, 0.15) is 49.9 Å². The minimum Gasteiger partial charge on any atom is -0.310 e. The van der Waals surface area contributed by atoms with Crippen molar-refractivity contribution in [2.75, 3.05) is 9.80 Å². The molecule has 0 spiro atoms. The summed E-state index contributed by atoms with van der Waals surface area (Å²) >= 11 is 0. The minimum atomic E-state index is -0.510. The summed E-state index contributed by atoms with van der Waals surface area (Å²) in [5.74, 6) is -1.52. The zero-order chi connectivity index (χ0) is 48.1. The van der Waals surface area contributed by atoms with E-state index in [0.29, 0.717) is 22.7 Å². The molecule has 0 aromatic heterocycles. The Kier molecular flexibility index (Phi) is 9.97. The predicted molar refractivity (Wildman–Crippen MR) is 279 cm³/mol. The smallest absolute Gasteiger partial charge is 0.125 e. The summed E-state index contributed by atoms with van der Waals surface area (Å²) in [6.45, 7) is 9.09. The van der Waals surface area contributed by atoms with Crippen LogP contribution in [0.4, 0.5) is 51.7 Å². The predicted octanol–water partition coefficient (Wildman–Crippen LogP) is 18.3. The van der Waals surface area contributed by atoms with Gasteiger partial charge in [-0.2, -0.15) is 0 Å². The maximum absolute atomic E-state index is 15.0. The van der Waals surface area contributed by atoms with Gasteiger partial charge in [0.2, 0.25) is 0 Å². The summed E-state index contributed by atoms with van der Waals surface area (Å²) in [5, 5.41) is 2.25. The van der Waals surface area contributed by atoms with E-state index in [-0.39, 0.29) is 23.3 Å². The SMILES string of the molecule is CC1(C)c2cc(N(c3cccc(F)c3)c3cccc(F)c3)ccc2-c2c1cc1c(-c3ccccc3)c3c(cc1c2-c1ccccc1)C(C)(C)c1cc(N(c2cccc(F)c2)c2cccc(F)c2)ccc1-3. The molecule has 10 aromatic rings. The van der Waals surface area contributed by atoms with Crippen molar-refractivity contribution in [3.05, 3.63) is 252 Å². The Morgan fingerprint density at radius 1 is 0.286 bits per heavy atom. The Morgan fingerprint density at radius 3 is 0.914 bits per heavy atom.